The number of hydrogen-bond acceptors (Lipinski definition) is 4. The van der Waals surface area contributed by atoms with Gasteiger partial charge in [0, 0.05) is 12.0 Å². The molecule has 9 heteroatoms. The largest absolute Gasteiger partial charge is 0.480 e. The Bertz CT molecular complexity index is 1040. The second-order valence-corrected chi connectivity index (χ2v) is 8.66. The lowest BCUT2D eigenvalue weighted by Crippen LogP contribution is -2.49. The van der Waals surface area contributed by atoms with Crippen molar-refractivity contribution in [1.82, 2.24) is 10.2 Å². The summed E-state index contributed by atoms with van der Waals surface area (Å²) >= 11 is 0. The predicted molar refractivity (Wildman–Crippen MR) is 120 cm³/mol. The van der Waals surface area contributed by atoms with Gasteiger partial charge in [-0.05, 0) is 42.0 Å². The molecule has 0 aliphatic heterocycles. The van der Waals surface area contributed by atoms with Crippen molar-refractivity contribution in [2.45, 2.75) is 56.7 Å². The molecule has 2 aliphatic carbocycles. The van der Waals surface area contributed by atoms with E-state index in [2.05, 4.69) is 5.32 Å². The number of aliphatic carboxylic acids is 1. The molecule has 2 atom stereocenters. The first-order valence-electron chi connectivity index (χ1n) is 11.2. The van der Waals surface area contributed by atoms with Crippen LogP contribution in [0.25, 0.3) is 11.1 Å². The van der Waals surface area contributed by atoms with Gasteiger partial charge in [-0.1, -0.05) is 48.5 Å². The quantitative estimate of drug-likeness (QED) is 0.575. The number of alkyl halides is 2. The summed E-state index contributed by atoms with van der Waals surface area (Å²) in [6, 6.07) is 12.3. The van der Waals surface area contributed by atoms with Crippen molar-refractivity contribution in [2.24, 2.45) is 0 Å². The molecule has 7 nitrogen and oxygen atoms in total. The molecule has 2 aliphatic rings. The van der Waals surface area contributed by atoms with Gasteiger partial charge in [0.05, 0.1) is 6.42 Å². The number of carboxylic acid groups (broad SMARTS) is 1. The third-order valence-corrected chi connectivity index (χ3v) is 6.35. The number of carboxylic acids is 1. The number of nitrogens with one attached hydrogen (secondary N) is 1. The molecule has 2 aromatic carbocycles. The second kappa shape index (κ2) is 9.79. The first kappa shape index (κ1) is 23.7. The van der Waals surface area contributed by atoms with E-state index < -0.39 is 42.9 Å². The van der Waals surface area contributed by atoms with E-state index in [1.165, 1.54) is 6.92 Å². The van der Waals surface area contributed by atoms with E-state index in [0.29, 0.717) is 12.8 Å². The Balaban J connectivity index is 1.39. The van der Waals surface area contributed by atoms with Crippen LogP contribution in [0.2, 0.25) is 0 Å². The molecule has 4 rings (SSSR count). The Morgan fingerprint density at radius 1 is 1.06 bits per heavy atom. The Labute approximate surface area is 195 Å². The van der Waals surface area contributed by atoms with Crippen LogP contribution in [-0.2, 0) is 14.3 Å². The lowest BCUT2D eigenvalue weighted by molar-refractivity contribution is -0.150. The van der Waals surface area contributed by atoms with Crippen molar-refractivity contribution in [1.29, 1.82) is 0 Å². The van der Waals surface area contributed by atoms with Gasteiger partial charge >= 0.3 is 12.1 Å². The molecule has 0 bridgehead atoms. The minimum atomic E-state index is -3.02. The van der Waals surface area contributed by atoms with Crippen LogP contribution in [0.15, 0.2) is 48.5 Å². The number of halogens is 2. The monoisotopic (exact) mass is 472 g/mol. The highest BCUT2D eigenvalue weighted by Gasteiger charge is 2.40. The SMILES string of the molecule is CC(C(=O)O)N(C(=O)CC(NC(=O)OCC1c2ccccc2-c2ccccc21)C(F)F)C1CC1. The normalized spacial score (nSPS) is 16.4. The smallest absolute Gasteiger partial charge is 0.407 e. The molecule has 0 radical (unpaired) electrons. The molecule has 0 saturated heterocycles. The molecule has 0 aromatic heterocycles. The van der Waals surface area contributed by atoms with E-state index in [0.717, 1.165) is 27.2 Å². The molecule has 2 N–H and O–H groups in total. The van der Waals surface area contributed by atoms with Gasteiger partial charge < -0.3 is 20.1 Å². The standard InChI is InChI=1S/C25H26F2N2O5/c1-14(24(31)32)29(15-10-11-15)22(30)12-21(23(26)27)28-25(33)34-13-20-18-8-4-2-6-16(18)17-7-3-5-9-19(17)20/h2-9,14-15,20-21,23H,10-13H2,1H3,(H,28,33)(H,31,32). The maximum Gasteiger partial charge on any atom is 0.407 e. The Hall–Kier alpha value is -3.49. The highest BCUT2D eigenvalue weighted by atomic mass is 19.3. The average Bonchev–Trinajstić information content (AvgIpc) is 3.59. The fraction of sp³-hybridized carbons (Fsp3) is 0.400. The van der Waals surface area contributed by atoms with Crippen LogP contribution in [-0.4, -0.2) is 59.1 Å². The van der Waals surface area contributed by atoms with Crippen molar-refractivity contribution < 1.29 is 33.0 Å². The summed E-state index contributed by atoms with van der Waals surface area (Å²) in [7, 11) is 0. The summed E-state index contributed by atoms with van der Waals surface area (Å²) in [6.07, 6.45) is -3.53. The number of carbonyl (C=O) groups excluding carboxylic acids is 2. The number of rotatable bonds is 9. The van der Waals surface area contributed by atoms with Crippen LogP contribution in [0.3, 0.4) is 0 Å². The molecule has 0 heterocycles. The lowest BCUT2D eigenvalue weighted by atomic mass is 9.98. The van der Waals surface area contributed by atoms with Crippen LogP contribution in [0.4, 0.5) is 13.6 Å². The van der Waals surface area contributed by atoms with Crippen LogP contribution in [0.1, 0.15) is 43.2 Å². The summed E-state index contributed by atoms with van der Waals surface area (Å²) in [5, 5.41) is 11.3. The molecular formula is C25H26F2N2O5. The van der Waals surface area contributed by atoms with Crippen molar-refractivity contribution >= 4 is 18.0 Å². The number of hydrogen-bond donors (Lipinski definition) is 2. The minimum absolute atomic E-state index is 0.0476. The molecule has 0 spiro atoms. The zero-order valence-electron chi connectivity index (χ0n) is 18.6. The summed E-state index contributed by atoms with van der Waals surface area (Å²) in [4.78, 5) is 37.5. The lowest BCUT2D eigenvalue weighted by Gasteiger charge is -2.28. The number of benzene rings is 2. The molecule has 34 heavy (non-hydrogen) atoms. The third-order valence-electron chi connectivity index (χ3n) is 6.35. The topological polar surface area (TPSA) is 95.9 Å². The van der Waals surface area contributed by atoms with Gasteiger partial charge in [-0.2, -0.15) is 0 Å². The second-order valence-electron chi connectivity index (χ2n) is 8.66. The number of alkyl carbamates (subject to hydrolysis) is 1. The zero-order chi connectivity index (χ0) is 24.4. The van der Waals surface area contributed by atoms with Crippen molar-refractivity contribution in [2.75, 3.05) is 6.61 Å². The highest BCUT2D eigenvalue weighted by molar-refractivity contribution is 5.85. The van der Waals surface area contributed by atoms with Gasteiger partial charge in [-0.15, -0.1) is 0 Å². The molecule has 2 amide bonds. The summed E-state index contributed by atoms with van der Waals surface area (Å²) in [5.74, 6) is -2.17. The Morgan fingerprint density at radius 3 is 2.12 bits per heavy atom. The van der Waals surface area contributed by atoms with E-state index in [1.54, 1.807) is 0 Å². The average molecular weight is 472 g/mol. The van der Waals surface area contributed by atoms with Gasteiger partial charge in [0.15, 0.2) is 0 Å². The van der Waals surface area contributed by atoms with Gasteiger partial charge in [0.25, 0.3) is 6.43 Å². The van der Waals surface area contributed by atoms with Crippen molar-refractivity contribution in [3.8, 4) is 11.1 Å². The van der Waals surface area contributed by atoms with Crippen molar-refractivity contribution in [3.63, 3.8) is 0 Å². The molecule has 2 unspecified atom stereocenters. The Kier molecular flexibility index (Phi) is 6.81. The molecule has 1 fully saturated rings. The summed E-state index contributed by atoms with van der Waals surface area (Å²) in [5.41, 5.74) is 4.05. The predicted octanol–water partition coefficient (Wildman–Crippen LogP) is 4.01. The number of nitrogens with zero attached hydrogens (tertiary/aromatic N) is 1. The number of ether oxygens (including phenoxy) is 1. The molecular weight excluding hydrogens is 446 g/mol. The fourth-order valence-corrected chi connectivity index (χ4v) is 4.50. The third kappa shape index (κ3) is 4.88. The van der Waals surface area contributed by atoms with E-state index in [1.807, 2.05) is 48.5 Å². The van der Waals surface area contributed by atoms with Gasteiger partial charge in [0.2, 0.25) is 5.91 Å². The van der Waals surface area contributed by atoms with E-state index in [9.17, 15) is 28.3 Å². The summed E-state index contributed by atoms with van der Waals surface area (Å²) < 4.78 is 32.6. The van der Waals surface area contributed by atoms with E-state index >= 15 is 0 Å². The van der Waals surface area contributed by atoms with Crippen molar-refractivity contribution in [3.05, 3.63) is 59.7 Å². The van der Waals surface area contributed by atoms with Gasteiger partial charge in [-0.3, -0.25) is 4.79 Å². The highest BCUT2D eigenvalue weighted by Crippen LogP contribution is 2.44. The number of carbonyl (C=O) groups is 3. The van der Waals surface area contributed by atoms with Crippen LogP contribution in [0, 0.1) is 0 Å². The number of fused-ring (bicyclic) bond motifs is 3. The molecule has 2 aromatic rings. The van der Waals surface area contributed by atoms with Crippen LogP contribution < -0.4 is 5.32 Å². The van der Waals surface area contributed by atoms with Gasteiger partial charge in [0.1, 0.15) is 18.7 Å². The fourth-order valence-electron chi connectivity index (χ4n) is 4.50. The number of amides is 2. The Morgan fingerprint density at radius 2 is 1.62 bits per heavy atom. The van der Waals surface area contributed by atoms with Crippen LogP contribution >= 0.6 is 0 Å². The first-order valence-corrected chi connectivity index (χ1v) is 11.2. The maximum atomic E-state index is 13.6. The minimum Gasteiger partial charge on any atom is -0.480 e. The van der Waals surface area contributed by atoms with E-state index in [-0.39, 0.29) is 18.6 Å². The molecule has 1 saturated carbocycles. The van der Waals surface area contributed by atoms with E-state index in [4.69, 9.17) is 4.74 Å². The van der Waals surface area contributed by atoms with Crippen LogP contribution in [0.5, 0.6) is 0 Å². The zero-order valence-corrected chi connectivity index (χ0v) is 18.6. The first-order chi connectivity index (χ1) is 16.3. The summed E-state index contributed by atoms with van der Waals surface area (Å²) in [6.45, 7) is 1.29. The molecule has 180 valence electrons. The maximum absolute atomic E-state index is 13.6. The van der Waals surface area contributed by atoms with Gasteiger partial charge in [-0.25, -0.2) is 18.4 Å².